The zero-order chi connectivity index (χ0) is 22.0. The Morgan fingerprint density at radius 3 is 2.77 bits per heavy atom. The Bertz CT molecular complexity index is 983. The Kier molecular flexibility index (Phi) is 8.92. The summed E-state index contributed by atoms with van der Waals surface area (Å²) in [6.07, 6.45) is 0. The van der Waals surface area contributed by atoms with Gasteiger partial charge in [-0.2, -0.15) is 0 Å². The third kappa shape index (κ3) is 5.23. The summed E-state index contributed by atoms with van der Waals surface area (Å²) in [6, 6.07) is -0.943. The quantitative estimate of drug-likeness (QED) is 0.128. The van der Waals surface area contributed by atoms with Crippen LogP contribution in [0, 0.1) is 0 Å². The molecule has 160 valence electrons. The molecule has 2 aliphatic rings. The molecule has 1 saturated heterocycles. The van der Waals surface area contributed by atoms with Crippen LogP contribution in [-0.2, 0) is 24.0 Å². The second kappa shape index (κ2) is 10.8. The zero-order valence-electron chi connectivity index (χ0n) is 16.6. The summed E-state index contributed by atoms with van der Waals surface area (Å²) in [5, 5.41) is 21.1. The van der Waals surface area contributed by atoms with Crippen LogP contribution in [-0.4, -0.2) is 69.4 Å². The first-order valence-corrected chi connectivity index (χ1v) is 10.8. The van der Waals surface area contributed by atoms with Crippen LogP contribution in [0.15, 0.2) is 21.8 Å². The van der Waals surface area contributed by atoms with Gasteiger partial charge in [0.15, 0.2) is 10.8 Å². The fraction of sp³-hybridized carbons (Fsp3) is 0.375. The van der Waals surface area contributed by atoms with E-state index in [4.69, 9.17) is 16.4 Å². The number of alkyl halides is 1. The number of hydrogen-bond donors (Lipinski definition) is 2. The summed E-state index contributed by atoms with van der Waals surface area (Å²) in [7, 11) is 1.24. The number of carboxylic acids is 1. The van der Waals surface area contributed by atoms with Crippen molar-refractivity contribution >= 4 is 69.2 Å². The zero-order valence-corrected chi connectivity index (χ0v) is 21.0. The number of carboxylic acid groups (broad SMARTS) is 1. The van der Waals surface area contributed by atoms with Crippen LogP contribution in [0.5, 0.6) is 0 Å². The van der Waals surface area contributed by atoms with Crippen LogP contribution >= 0.6 is 34.7 Å². The summed E-state index contributed by atoms with van der Waals surface area (Å²) in [6.45, 7) is 1.61. The summed E-state index contributed by atoms with van der Waals surface area (Å²) in [5.74, 6) is -3.07. The van der Waals surface area contributed by atoms with Gasteiger partial charge in [0.25, 0.3) is 11.8 Å². The Hall–Kier alpha value is -1.64. The van der Waals surface area contributed by atoms with Gasteiger partial charge in [-0.3, -0.25) is 19.3 Å². The van der Waals surface area contributed by atoms with E-state index in [2.05, 4.69) is 20.8 Å². The number of halogens is 1. The molecule has 1 fully saturated rings. The van der Waals surface area contributed by atoms with E-state index in [9.17, 15) is 24.3 Å². The van der Waals surface area contributed by atoms with Gasteiger partial charge in [-0.1, -0.05) is 5.16 Å². The number of aromatic nitrogens is 1. The Morgan fingerprint density at radius 2 is 2.16 bits per heavy atom. The van der Waals surface area contributed by atoms with E-state index in [0.717, 1.165) is 16.2 Å². The Balaban J connectivity index is 0.00000341. The first-order valence-electron chi connectivity index (χ1n) is 8.38. The summed E-state index contributed by atoms with van der Waals surface area (Å²) in [5.41, 5.74) is 0.263. The van der Waals surface area contributed by atoms with Gasteiger partial charge in [-0.15, -0.1) is 34.7 Å². The molecule has 31 heavy (non-hydrogen) atoms. The van der Waals surface area contributed by atoms with Gasteiger partial charge in [0.05, 0.1) is 11.7 Å². The van der Waals surface area contributed by atoms with Crippen LogP contribution < -0.4 is 45.3 Å². The molecule has 2 N–H and O–H groups in total. The summed E-state index contributed by atoms with van der Waals surface area (Å²) >= 11 is 7.81. The molecule has 1 aromatic heterocycles. The molecule has 2 aliphatic heterocycles. The fourth-order valence-corrected chi connectivity index (χ4v) is 4.93. The molecule has 0 bridgehead atoms. The molecule has 0 saturated carbocycles. The van der Waals surface area contributed by atoms with Crippen LogP contribution in [0.1, 0.15) is 12.6 Å². The molecule has 3 amide bonds. The molecular formula is C16H15ClN5NaO6S2. The topological polar surface area (TPSA) is 153 Å². The number of thioether (sulfide) groups is 1. The van der Waals surface area contributed by atoms with E-state index < -0.39 is 35.1 Å². The van der Waals surface area contributed by atoms with Crippen molar-refractivity contribution in [3.8, 4) is 0 Å². The van der Waals surface area contributed by atoms with Crippen molar-refractivity contribution in [1.29, 1.82) is 0 Å². The van der Waals surface area contributed by atoms with E-state index >= 15 is 0 Å². The number of hydrogen-bond acceptors (Lipinski definition) is 10. The van der Waals surface area contributed by atoms with Crippen molar-refractivity contribution in [3.05, 3.63) is 22.3 Å². The molecule has 0 spiro atoms. The largest absolute Gasteiger partial charge is 1.00 e. The van der Waals surface area contributed by atoms with Crippen molar-refractivity contribution in [2.75, 3.05) is 24.1 Å². The van der Waals surface area contributed by atoms with Crippen molar-refractivity contribution in [3.63, 3.8) is 0 Å². The molecule has 3 heterocycles. The van der Waals surface area contributed by atoms with Gasteiger partial charge >= 0.3 is 29.6 Å². The number of nitrogens with zero attached hydrogens (tertiary/aromatic N) is 3. The van der Waals surface area contributed by atoms with Crippen LogP contribution in [0.4, 0.5) is 5.13 Å². The fourth-order valence-electron chi connectivity index (χ4n) is 2.86. The van der Waals surface area contributed by atoms with E-state index in [1.807, 2.05) is 0 Å². The van der Waals surface area contributed by atoms with Gasteiger partial charge < -0.3 is 25.4 Å². The molecule has 1 unspecified atom stereocenters. The molecule has 0 aromatic carbocycles. The van der Waals surface area contributed by atoms with Crippen LogP contribution in [0.3, 0.4) is 0 Å². The Morgan fingerprint density at radius 1 is 1.45 bits per heavy atom. The van der Waals surface area contributed by atoms with Crippen molar-refractivity contribution in [2.24, 2.45) is 5.16 Å². The first-order chi connectivity index (χ1) is 14.3. The number of thiazole rings is 1. The number of oxime groups is 1. The number of anilines is 1. The maximum absolute atomic E-state index is 12.7. The standard InChI is InChI=1S/C16H16ClN5O6S2.Na/c1-6-4-29-14-10(13(25)22(14)11(6)15(26)27)20-12(24)9(21-28-2)7-5-30-16(18-7)19-8(23)3-17;/h5,10,14H,3-4H2,1-2H3,(H,20,24)(H,26,27)(H,18,19,23);/q;+1/p-1/t10?,14-;/m1./s1. The van der Waals surface area contributed by atoms with Crippen molar-refractivity contribution in [1.82, 2.24) is 15.2 Å². The van der Waals surface area contributed by atoms with Crippen molar-refractivity contribution < 1.29 is 58.7 Å². The predicted octanol–water partition coefficient (Wildman–Crippen LogP) is -3.90. The SMILES string of the molecule is CON=C(C(=O)NC1C(=O)N2C(C(=O)[O-])=C(C)CS[C@H]12)c1csc(NC(=O)CCl)n1.[Na+]. The first kappa shape index (κ1) is 25.6. The average Bonchev–Trinajstić information content (AvgIpc) is 3.17. The minimum absolute atomic E-state index is 0. The number of nitrogens with one attached hydrogen (secondary N) is 2. The smallest absolute Gasteiger partial charge is 0.543 e. The number of amides is 3. The monoisotopic (exact) mass is 495 g/mol. The van der Waals surface area contributed by atoms with Gasteiger partial charge in [-0.25, -0.2) is 4.98 Å². The molecule has 0 radical (unpaired) electrons. The molecular weight excluding hydrogens is 481 g/mol. The third-order valence-electron chi connectivity index (χ3n) is 4.15. The van der Waals surface area contributed by atoms with E-state index in [1.165, 1.54) is 24.3 Å². The second-order valence-corrected chi connectivity index (χ2v) is 8.35. The minimum Gasteiger partial charge on any atom is -0.543 e. The number of aliphatic carboxylic acids is 1. The van der Waals surface area contributed by atoms with Crippen LogP contribution in [0.25, 0.3) is 0 Å². The number of carbonyl (C=O) groups is 4. The van der Waals surface area contributed by atoms with Gasteiger partial charge in [0, 0.05) is 11.1 Å². The second-order valence-electron chi connectivity index (χ2n) is 6.12. The van der Waals surface area contributed by atoms with E-state index in [0.29, 0.717) is 11.3 Å². The average molecular weight is 496 g/mol. The van der Waals surface area contributed by atoms with Crippen molar-refractivity contribution in [2.45, 2.75) is 18.3 Å². The van der Waals surface area contributed by atoms with Gasteiger partial charge in [0.1, 0.15) is 30.1 Å². The predicted molar refractivity (Wildman–Crippen MR) is 108 cm³/mol. The number of rotatable bonds is 7. The van der Waals surface area contributed by atoms with Crippen LogP contribution in [0.2, 0.25) is 0 Å². The molecule has 1 aromatic rings. The van der Waals surface area contributed by atoms with E-state index in [1.54, 1.807) is 6.92 Å². The minimum atomic E-state index is -1.44. The molecule has 3 rings (SSSR count). The Labute approximate surface area is 211 Å². The van der Waals surface area contributed by atoms with E-state index in [-0.39, 0.29) is 57.7 Å². The third-order valence-corrected chi connectivity index (χ3v) is 6.58. The number of carbonyl (C=O) groups excluding carboxylic acids is 4. The normalized spacial score (nSPS) is 20.3. The number of fused-ring (bicyclic) bond motifs is 1. The molecule has 15 heteroatoms. The summed E-state index contributed by atoms with van der Waals surface area (Å²) < 4.78 is 0. The molecule has 11 nitrogen and oxygen atoms in total. The summed E-state index contributed by atoms with van der Waals surface area (Å²) in [4.78, 5) is 57.9. The van der Waals surface area contributed by atoms with Gasteiger partial charge in [0.2, 0.25) is 5.91 Å². The molecule has 0 aliphatic carbocycles. The molecule has 2 atom stereocenters. The maximum Gasteiger partial charge on any atom is 1.00 e. The van der Waals surface area contributed by atoms with Gasteiger partial charge in [-0.05, 0) is 12.5 Å². The maximum atomic E-state index is 12.7. The number of β-lactam (4-membered cyclic amide) rings is 1.